The van der Waals surface area contributed by atoms with Gasteiger partial charge >= 0.3 is 0 Å². The third-order valence-electron chi connectivity index (χ3n) is 3.89. The first kappa shape index (κ1) is 13.7. The van der Waals surface area contributed by atoms with Gasteiger partial charge in [-0.1, -0.05) is 24.3 Å². The quantitative estimate of drug-likeness (QED) is 0.771. The molecule has 0 unspecified atom stereocenters. The van der Waals surface area contributed by atoms with Crippen molar-refractivity contribution in [3.05, 3.63) is 72.1 Å². The molecule has 0 aliphatic heterocycles. The van der Waals surface area contributed by atoms with Crippen molar-refractivity contribution in [2.45, 2.75) is 25.7 Å². The summed E-state index contributed by atoms with van der Waals surface area (Å²) in [6.45, 7) is 0. The smallest absolute Gasteiger partial charge is 0.119 e. The van der Waals surface area contributed by atoms with Crippen LogP contribution in [0.15, 0.2) is 72.1 Å². The average Bonchev–Trinajstić information content (AvgIpc) is 2.58. The number of hydrogen-bond acceptors (Lipinski definition) is 2. The maximum atomic E-state index is 5.27. The first-order valence-electron chi connectivity index (χ1n) is 7.54. The van der Waals surface area contributed by atoms with Crippen LogP contribution in [0.25, 0.3) is 0 Å². The number of anilines is 1. The Labute approximate surface area is 126 Å². The number of nitrogens with zero attached hydrogens (tertiary/aromatic N) is 1. The Morgan fingerprint density at radius 3 is 1.86 bits per heavy atom. The second kappa shape index (κ2) is 6.49. The van der Waals surface area contributed by atoms with E-state index in [9.17, 15) is 0 Å². The van der Waals surface area contributed by atoms with Crippen molar-refractivity contribution in [1.29, 1.82) is 0 Å². The third kappa shape index (κ3) is 3.10. The highest BCUT2D eigenvalue weighted by molar-refractivity contribution is 5.60. The van der Waals surface area contributed by atoms with Crippen molar-refractivity contribution in [2.24, 2.45) is 0 Å². The highest BCUT2D eigenvalue weighted by Gasteiger charge is 2.17. The minimum absolute atomic E-state index is 0.897. The van der Waals surface area contributed by atoms with Crippen LogP contribution in [0.2, 0.25) is 0 Å². The van der Waals surface area contributed by atoms with E-state index in [0.717, 1.165) is 31.4 Å². The standard InChI is InChI=1S/C19H21NO/c1-21-19-14-12-18(13-15-19)20(16-8-4-2-5-9-16)17-10-6-3-7-11-17/h2-4,6,8,10,12-15H,5,7,9,11H2,1H3. The maximum Gasteiger partial charge on any atom is 0.119 e. The fraction of sp³-hybridized carbons (Fsp3) is 0.263. The van der Waals surface area contributed by atoms with Crippen molar-refractivity contribution in [3.8, 4) is 5.75 Å². The Morgan fingerprint density at radius 2 is 1.43 bits per heavy atom. The lowest BCUT2D eigenvalue weighted by Gasteiger charge is -2.31. The van der Waals surface area contributed by atoms with Crippen molar-refractivity contribution in [3.63, 3.8) is 0 Å². The van der Waals surface area contributed by atoms with Gasteiger partial charge < -0.3 is 9.64 Å². The monoisotopic (exact) mass is 279 g/mol. The van der Waals surface area contributed by atoms with Crippen LogP contribution in [0.4, 0.5) is 5.69 Å². The molecule has 0 N–H and O–H groups in total. The van der Waals surface area contributed by atoms with Crippen molar-refractivity contribution >= 4 is 5.69 Å². The molecule has 2 aliphatic rings. The van der Waals surface area contributed by atoms with Crippen LogP contribution in [0.5, 0.6) is 5.75 Å². The van der Waals surface area contributed by atoms with Crippen molar-refractivity contribution < 1.29 is 4.74 Å². The lowest BCUT2D eigenvalue weighted by molar-refractivity contribution is 0.415. The Balaban J connectivity index is 1.98. The summed E-state index contributed by atoms with van der Waals surface area (Å²) in [4.78, 5) is 2.40. The molecule has 0 heterocycles. The van der Waals surface area contributed by atoms with E-state index in [1.807, 2.05) is 12.1 Å². The number of methoxy groups -OCH3 is 1. The lowest BCUT2D eigenvalue weighted by Crippen LogP contribution is -2.23. The molecule has 0 bridgehead atoms. The van der Waals surface area contributed by atoms with Crippen LogP contribution in [0, 0.1) is 0 Å². The highest BCUT2D eigenvalue weighted by atomic mass is 16.5. The van der Waals surface area contributed by atoms with Crippen LogP contribution in [0.1, 0.15) is 25.7 Å². The molecule has 108 valence electrons. The molecule has 0 amide bonds. The SMILES string of the molecule is COc1ccc(N(C2=CC=CCC2)C2=CC=CCC2)cc1. The molecule has 0 fully saturated rings. The van der Waals surface area contributed by atoms with E-state index >= 15 is 0 Å². The summed E-state index contributed by atoms with van der Waals surface area (Å²) in [5.74, 6) is 0.897. The summed E-state index contributed by atoms with van der Waals surface area (Å²) in [6, 6.07) is 8.33. The largest absolute Gasteiger partial charge is 0.497 e. The van der Waals surface area contributed by atoms with Crippen LogP contribution >= 0.6 is 0 Å². The summed E-state index contributed by atoms with van der Waals surface area (Å²) in [6.07, 6.45) is 17.6. The molecule has 2 heteroatoms. The average molecular weight is 279 g/mol. The van der Waals surface area contributed by atoms with E-state index in [1.54, 1.807) is 7.11 Å². The molecule has 0 spiro atoms. The number of hydrogen-bond donors (Lipinski definition) is 0. The minimum Gasteiger partial charge on any atom is -0.497 e. The summed E-state index contributed by atoms with van der Waals surface area (Å²) >= 11 is 0. The zero-order chi connectivity index (χ0) is 14.5. The Bertz CT molecular complexity index is 573. The molecule has 0 saturated carbocycles. The topological polar surface area (TPSA) is 12.5 Å². The second-order valence-electron chi connectivity index (χ2n) is 5.28. The number of benzene rings is 1. The van der Waals surface area contributed by atoms with Gasteiger partial charge in [-0.2, -0.15) is 0 Å². The van der Waals surface area contributed by atoms with Crippen molar-refractivity contribution in [1.82, 2.24) is 0 Å². The van der Waals surface area contributed by atoms with Crippen LogP contribution in [0.3, 0.4) is 0 Å². The Morgan fingerprint density at radius 1 is 0.857 bits per heavy atom. The molecule has 0 atom stereocenters. The van der Waals surface area contributed by atoms with Gasteiger partial charge in [0.25, 0.3) is 0 Å². The van der Waals surface area contributed by atoms with Crippen LogP contribution < -0.4 is 9.64 Å². The first-order chi connectivity index (χ1) is 10.4. The molecular weight excluding hydrogens is 258 g/mol. The number of rotatable bonds is 4. The minimum atomic E-state index is 0.897. The number of allylic oxidation sites excluding steroid dienone is 8. The predicted octanol–water partition coefficient (Wildman–Crippen LogP) is 4.97. The zero-order valence-corrected chi connectivity index (χ0v) is 12.5. The second-order valence-corrected chi connectivity index (χ2v) is 5.28. The fourth-order valence-electron chi connectivity index (χ4n) is 2.80. The van der Waals surface area contributed by atoms with E-state index < -0.39 is 0 Å². The molecule has 1 aromatic rings. The molecule has 1 aromatic carbocycles. The van der Waals surface area contributed by atoms with E-state index in [2.05, 4.69) is 53.5 Å². The van der Waals surface area contributed by atoms with E-state index in [-0.39, 0.29) is 0 Å². The van der Waals surface area contributed by atoms with Gasteiger partial charge in [-0.25, -0.2) is 0 Å². The number of ether oxygens (including phenoxy) is 1. The molecule has 21 heavy (non-hydrogen) atoms. The fourth-order valence-corrected chi connectivity index (χ4v) is 2.80. The zero-order valence-electron chi connectivity index (χ0n) is 12.5. The van der Waals surface area contributed by atoms with Gasteiger partial charge in [0, 0.05) is 17.1 Å². The van der Waals surface area contributed by atoms with Gasteiger partial charge in [0.2, 0.25) is 0 Å². The summed E-state index contributed by atoms with van der Waals surface area (Å²) in [7, 11) is 1.70. The summed E-state index contributed by atoms with van der Waals surface area (Å²) < 4.78 is 5.27. The highest BCUT2D eigenvalue weighted by Crippen LogP contribution is 2.32. The molecule has 2 aliphatic carbocycles. The summed E-state index contributed by atoms with van der Waals surface area (Å²) in [5.41, 5.74) is 3.94. The summed E-state index contributed by atoms with van der Waals surface area (Å²) in [5, 5.41) is 0. The molecule has 0 aromatic heterocycles. The Hall–Kier alpha value is -2.22. The molecule has 0 radical (unpaired) electrons. The molecular formula is C19H21NO. The maximum absolute atomic E-state index is 5.27. The van der Waals surface area contributed by atoms with Crippen LogP contribution in [-0.2, 0) is 0 Å². The van der Waals surface area contributed by atoms with E-state index in [0.29, 0.717) is 0 Å². The normalized spacial score (nSPS) is 17.2. The van der Waals surface area contributed by atoms with Gasteiger partial charge in [-0.3, -0.25) is 0 Å². The van der Waals surface area contributed by atoms with Gasteiger partial charge in [-0.15, -0.1) is 0 Å². The van der Waals surface area contributed by atoms with Crippen molar-refractivity contribution in [2.75, 3.05) is 12.0 Å². The van der Waals surface area contributed by atoms with E-state index in [1.165, 1.54) is 17.1 Å². The molecule has 2 nitrogen and oxygen atoms in total. The van der Waals surface area contributed by atoms with Gasteiger partial charge in [0.15, 0.2) is 0 Å². The third-order valence-corrected chi connectivity index (χ3v) is 3.89. The van der Waals surface area contributed by atoms with Gasteiger partial charge in [0.05, 0.1) is 7.11 Å². The Kier molecular flexibility index (Phi) is 4.25. The van der Waals surface area contributed by atoms with Gasteiger partial charge in [0.1, 0.15) is 5.75 Å². The van der Waals surface area contributed by atoms with Gasteiger partial charge in [-0.05, 0) is 62.1 Å². The van der Waals surface area contributed by atoms with E-state index in [4.69, 9.17) is 4.74 Å². The molecule has 3 rings (SSSR count). The first-order valence-corrected chi connectivity index (χ1v) is 7.54. The van der Waals surface area contributed by atoms with Crippen LogP contribution in [-0.4, -0.2) is 7.11 Å². The predicted molar refractivity (Wildman–Crippen MR) is 88.4 cm³/mol. The molecule has 0 saturated heterocycles. The lowest BCUT2D eigenvalue weighted by atomic mass is 10.0.